The van der Waals surface area contributed by atoms with E-state index in [9.17, 15) is 0 Å². The van der Waals surface area contributed by atoms with Crippen LogP contribution in [0.4, 0.5) is 0 Å². The molecule has 0 unspecified atom stereocenters. The van der Waals surface area contributed by atoms with Crippen LogP contribution in [0, 0.1) is 0 Å². The largest absolute Gasteiger partial charge is 0.494 e. The maximum Gasteiger partial charge on any atom is 0.213 e. The van der Waals surface area contributed by atoms with Crippen LogP contribution >= 0.6 is 0 Å². The van der Waals surface area contributed by atoms with Crippen LogP contribution in [-0.2, 0) is 0 Å². The zero-order chi connectivity index (χ0) is 21.4. The molecule has 5 rings (SSSR count). The van der Waals surface area contributed by atoms with Gasteiger partial charge < -0.3 is 9.47 Å². The monoisotopic (exact) mass is 412 g/mol. The summed E-state index contributed by atoms with van der Waals surface area (Å²) in [5.74, 6) is 2.34. The molecule has 2 aliphatic heterocycles. The van der Waals surface area contributed by atoms with Crippen LogP contribution in [0.1, 0.15) is 67.6 Å². The number of hydrogen-bond donors (Lipinski definition) is 0. The Hall–Kier alpha value is -3.27. The maximum atomic E-state index is 6.47. The molecule has 31 heavy (non-hydrogen) atoms. The van der Waals surface area contributed by atoms with Crippen molar-refractivity contribution < 1.29 is 9.47 Å². The van der Waals surface area contributed by atoms with Crippen LogP contribution in [0.25, 0.3) is 0 Å². The van der Waals surface area contributed by atoms with Crippen LogP contribution < -0.4 is 9.47 Å². The predicted molar refractivity (Wildman–Crippen MR) is 124 cm³/mol. The van der Waals surface area contributed by atoms with Gasteiger partial charge in [-0.2, -0.15) is 5.10 Å². The fourth-order valence-corrected chi connectivity index (χ4v) is 4.38. The Kier molecular flexibility index (Phi) is 5.14. The van der Waals surface area contributed by atoms with Crippen molar-refractivity contribution in [3.05, 3.63) is 95.1 Å². The number of hydrogen-bond acceptors (Lipinski definition) is 4. The van der Waals surface area contributed by atoms with E-state index in [2.05, 4.69) is 73.5 Å². The van der Waals surface area contributed by atoms with Gasteiger partial charge in [0.2, 0.25) is 6.23 Å². The molecule has 0 amide bonds. The molecule has 0 bridgehead atoms. The summed E-state index contributed by atoms with van der Waals surface area (Å²) in [7, 11) is 0. The van der Waals surface area contributed by atoms with Crippen molar-refractivity contribution in [2.45, 2.75) is 45.4 Å². The third kappa shape index (κ3) is 3.67. The lowest BCUT2D eigenvalue weighted by Crippen LogP contribution is -2.33. The number of fused-ring (bicyclic) bond motifs is 3. The van der Waals surface area contributed by atoms with Gasteiger partial charge in [0.15, 0.2) is 0 Å². The van der Waals surface area contributed by atoms with Crippen LogP contribution in [0.5, 0.6) is 11.5 Å². The molecule has 2 aliphatic rings. The highest BCUT2D eigenvalue weighted by Crippen LogP contribution is 2.47. The van der Waals surface area contributed by atoms with Gasteiger partial charge in [-0.05, 0) is 54.3 Å². The third-order valence-electron chi connectivity index (χ3n) is 6.09. The average molecular weight is 413 g/mol. The van der Waals surface area contributed by atoms with Crippen LogP contribution in [0.3, 0.4) is 0 Å². The van der Waals surface area contributed by atoms with Crippen molar-refractivity contribution in [2.75, 3.05) is 6.61 Å². The van der Waals surface area contributed by atoms with Crippen molar-refractivity contribution in [3.8, 4) is 11.5 Å². The fraction of sp³-hybridized carbons (Fsp3) is 0.296. The quantitative estimate of drug-likeness (QED) is 0.483. The second-order valence-electron chi connectivity index (χ2n) is 8.43. The standard InChI is InChI=1S/C27H28N2O2/c1-4-30-22-15-13-20(14-16-22)24-17-25-23-7-5-6-8-26(23)31-27(29(25)28-24)21-11-9-19(10-12-21)18(2)3/h5-16,18,25,27H,4,17H2,1-3H3/t25-,27-/m1/s1. The molecule has 0 spiro atoms. The van der Waals surface area contributed by atoms with E-state index in [-0.39, 0.29) is 12.3 Å². The highest BCUT2D eigenvalue weighted by molar-refractivity contribution is 6.02. The first-order valence-electron chi connectivity index (χ1n) is 11.1. The first kappa shape index (κ1) is 19.7. The molecule has 158 valence electrons. The van der Waals surface area contributed by atoms with Gasteiger partial charge in [-0.15, -0.1) is 0 Å². The Bertz CT molecular complexity index is 1090. The van der Waals surface area contributed by atoms with E-state index < -0.39 is 0 Å². The number of hydrazone groups is 1. The molecule has 2 heterocycles. The summed E-state index contributed by atoms with van der Waals surface area (Å²) in [4.78, 5) is 0. The number of rotatable bonds is 5. The molecule has 0 fully saturated rings. The maximum absolute atomic E-state index is 6.47. The summed E-state index contributed by atoms with van der Waals surface area (Å²) in [6.45, 7) is 7.10. The van der Waals surface area contributed by atoms with E-state index in [1.165, 1.54) is 11.1 Å². The summed E-state index contributed by atoms with van der Waals surface area (Å²) in [5, 5.41) is 7.19. The first-order chi connectivity index (χ1) is 15.1. The van der Waals surface area contributed by atoms with E-state index >= 15 is 0 Å². The van der Waals surface area contributed by atoms with Gasteiger partial charge in [-0.3, -0.25) is 0 Å². The van der Waals surface area contributed by atoms with Gasteiger partial charge in [0, 0.05) is 17.5 Å². The lowest BCUT2D eigenvalue weighted by molar-refractivity contribution is -0.0190. The molecule has 2 atom stereocenters. The van der Waals surface area contributed by atoms with Gasteiger partial charge >= 0.3 is 0 Å². The van der Waals surface area contributed by atoms with Gasteiger partial charge in [-0.1, -0.05) is 56.3 Å². The minimum absolute atomic E-state index is 0.168. The number of nitrogens with zero attached hydrogens (tertiary/aromatic N) is 2. The minimum Gasteiger partial charge on any atom is -0.494 e. The number of para-hydroxylation sites is 1. The fourth-order valence-electron chi connectivity index (χ4n) is 4.38. The SMILES string of the molecule is CCOc1ccc(C2=NN3[C@H](C2)c2ccccc2O[C@@H]3c2ccc(C(C)C)cc2)cc1. The molecule has 0 aromatic heterocycles. The summed E-state index contributed by atoms with van der Waals surface area (Å²) in [6.07, 6.45) is 0.621. The third-order valence-corrected chi connectivity index (χ3v) is 6.09. The Morgan fingerprint density at radius 1 is 1.00 bits per heavy atom. The van der Waals surface area contributed by atoms with E-state index in [0.717, 1.165) is 34.8 Å². The Balaban J connectivity index is 1.51. The molecule has 4 heteroatoms. The highest BCUT2D eigenvalue weighted by atomic mass is 16.5. The summed E-state index contributed by atoms with van der Waals surface area (Å²) in [5.41, 5.74) is 5.86. The van der Waals surface area contributed by atoms with Crippen LogP contribution in [0.15, 0.2) is 77.9 Å². The van der Waals surface area contributed by atoms with Crippen LogP contribution in [0.2, 0.25) is 0 Å². The molecule has 4 nitrogen and oxygen atoms in total. The van der Waals surface area contributed by atoms with Gasteiger partial charge in [0.1, 0.15) is 11.5 Å². The van der Waals surface area contributed by atoms with Crippen molar-refractivity contribution in [1.29, 1.82) is 0 Å². The predicted octanol–water partition coefficient (Wildman–Crippen LogP) is 6.45. The molecule has 3 aromatic carbocycles. The smallest absolute Gasteiger partial charge is 0.213 e. The van der Waals surface area contributed by atoms with Gasteiger partial charge in [0.05, 0.1) is 18.4 Å². The molecular formula is C27H28N2O2. The second kappa shape index (κ2) is 8.10. The first-order valence-corrected chi connectivity index (χ1v) is 11.1. The lowest BCUT2D eigenvalue weighted by atomic mass is 9.95. The number of ether oxygens (including phenoxy) is 2. The topological polar surface area (TPSA) is 34.1 Å². The lowest BCUT2D eigenvalue weighted by Gasteiger charge is -2.38. The molecule has 0 radical (unpaired) electrons. The molecule has 0 N–H and O–H groups in total. The van der Waals surface area contributed by atoms with Crippen LogP contribution in [-0.4, -0.2) is 17.3 Å². The van der Waals surface area contributed by atoms with Crippen molar-refractivity contribution in [2.24, 2.45) is 5.10 Å². The zero-order valence-electron chi connectivity index (χ0n) is 18.3. The zero-order valence-corrected chi connectivity index (χ0v) is 18.3. The van der Waals surface area contributed by atoms with E-state index in [1.807, 2.05) is 25.1 Å². The molecule has 0 saturated carbocycles. The molecule has 0 saturated heterocycles. The van der Waals surface area contributed by atoms with E-state index in [0.29, 0.717) is 12.5 Å². The van der Waals surface area contributed by atoms with E-state index in [1.54, 1.807) is 0 Å². The van der Waals surface area contributed by atoms with E-state index in [4.69, 9.17) is 14.6 Å². The van der Waals surface area contributed by atoms with Gasteiger partial charge in [-0.25, -0.2) is 5.01 Å². The molecule has 0 aliphatic carbocycles. The highest BCUT2D eigenvalue weighted by Gasteiger charge is 2.40. The van der Waals surface area contributed by atoms with Crippen molar-refractivity contribution in [1.82, 2.24) is 5.01 Å². The van der Waals surface area contributed by atoms with Crippen molar-refractivity contribution in [3.63, 3.8) is 0 Å². The summed E-state index contributed by atoms with van der Waals surface area (Å²) in [6, 6.07) is 25.5. The Morgan fingerprint density at radius 3 is 2.45 bits per heavy atom. The Morgan fingerprint density at radius 2 is 1.74 bits per heavy atom. The molecular weight excluding hydrogens is 384 g/mol. The van der Waals surface area contributed by atoms with Crippen molar-refractivity contribution >= 4 is 5.71 Å². The number of benzene rings is 3. The normalized spacial score (nSPS) is 19.5. The van der Waals surface area contributed by atoms with Gasteiger partial charge in [0.25, 0.3) is 0 Å². The second-order valence-corrected chi connectivity index (χ2v) is 8.43. The summed E-state index contributed by atoms with van der Waals surface area (Å²) < 4.78 is 12.1. The average Bonchev–Trinajstić information content (AvgIpc) is 3.25. The summed E-state index contributed by atoms with van der Waals surface area (Å²) >= 11 is 0. The Labute approximate surface area is 184 Å². The minimum atomic E-state index is -0.235. The molecule has 3 aromatic rings.